The normalized spacial score (nSPS) is 9.63. The molecule has 1 aromatic carbocycles. The Hall–Kier alpha value is -2.72. The highest BCUT2D eigenvalue weighted by atomic mass is 16.5. The first kappa shape index (κ1) is 12.7. The molecule has 0 amide bonds. The van der Waals surface area contributed by atoms with Crippen LogP contribution < -0.4 is 4.74 Å². The molecule has 0 N–H and O–H groups in total. The summed E-state index contributed by atoms with van der Waals surface area (Å²) in [5.41, 5.74) is 2.60. The van der Waals surface area contributed by atoms with E-state index in [0.29, 0.717) is 6.61 Å². The summed E-state index contributed by atoms with van der Waals surface area (Å²) >= 11 is 0. The van der Waals surface area contributed by atoms with Gasteiger partial charge in [0.1, 0.15) is 12.3 Å². The van der Waals surface area contributed by atoms with Crippen LogP contribution in [0.3, 0.4) is 0 Å². The van der Waals surface area contributed by atoms with Gasteiger partial charge in [-0.05, 0) is 30.7 Å². The van der Waals surface area contributed by atoms with E-state index in [4.69, 9.17) is 16.4 Å². The fraction of sp³-hybridized carbons (Fsp3) is 0.200. The van der Waals surface area contributed by atoms with Crippen LogP contribution in [-0.4, -0.2) is 16.4 Å². The molecule has 0 saturated heterocycles. The lowest BCUT2D eigenvalue weighted by Crippen LogP contribution is -1.94. The number of terminal acetylenes is 1. The molecule has 0 spiro atoms. The molecule has 0 atom stereocenters. The lowest BCUT2D eigenvalue weighted by atomic mass is 10.1. The summed E-state index contributed by atoms with van der Waals surface area (Å²) in [6.07, 6.45) is 8.97. The summed E-state index contributed by atoms with van der Waals surface area (Å²) in [4.78, 5) is 0. The zero-order valence-corrected chi connectivity index (χ0v) is 10.6. The first-order valence-electron chi connectivity index (χ1n) is 5.91. The van der Waals surface area contributed by atoms with E-state index < -0.39 is 0 Å². The molecule has 2 rings (SSSR count). The Labute approximate surface area is 112 Å². The van der Waals surface area contributed by atoms with Gasteiger partial charge >= 0.3 is 0 Å². The molecule has 19 heavy (non-hydrogen) atoms. The molecule has 0 saturated carbocycles. The summed E-state index contributed by atoms with van der Waals surface area (Å²) in [7, 11) is 0. The fourth-order valence-electron chi connectivity index (χ4n) is 1.77. The molecule has 2 aromatic rings. The average molecular weight is 251 g/mol. The smallest absolute Gasteiger partial charge is 0.128 e. The topological polar surface area (TPSA) is 50.8 Å². The van der Waals surface area contributed by atoms with Crippen LogP contribution in [0, 0.1) is 23.7 Å². The highest BCUT2D eigenvalue weighted by Gasteiger charge is 2.05. The maximum atomic E-state index is 8.64. The molecular weight excluding hydrogens is 238 g/mol. The van der Waals surface area contributed by atoms with Crippen LogP contribution in [0.5, 0.6) is 5.75 Å². The number of benzene rings is 1. The molecule has 0 bridgehead atoms. The van der Waals surface area contributed by atoms with Gasteiger partial charge in [0.15, 0.2) is 0 Å². The monoisotopic (exact) mass is 251 g/mol. The third kappa shape index (κ3) is 2.94. The van der Waals surface area contributed by atoms with Gasteiger partial charge in [-0.1, -0.05) is 5.92 Å². The van der Waals surface area contributed by atoms with Crippen LogP contribution in [0.25, 0.3) is 11.1 Å². The Morgan fingerprint density at radius 2 is 2.21 bits per heavy atom. The predicted molar refractivity (Wildman–Crippen MR) is 72.4 cm³/mol. The number of rotatable bonds is 4. The molecule has 1 aromatic heterocycles. The van der Waals surface area contributed by atoms with Gasteiger partial charge in [-0.25, -0.2) is 0 Å². The Bertz CT molecular complexity index is 659. The van der Waals surface area contributed by atoms with Crippen molar-refractivity contribution < 1.29 is 4.74 Å². The Balaban J connectivity index is 2.40. The van der Waals surface area contributed by atoms with E-state index >= 15 is 0 Å². The van der Waals surface area contributed by atoms with Crippen molar-refractivity contribution in [2.75, 3.05) is 6.61 Å². The van der Waals surface area contributed by atoms with E-state index in [2.05, 4.69) is 11.0 Å². The molecule has 0 aliphatic heterocycles. The predicted octanol–water partition coefficient (Wildman–Crippen LogP) is 2.45. The molecule has 0 radical (unpaired) electrons. The van der Waals surface area contributed by atoms with Crippen molar-refractivity contribution in [2.45, 2.75) is 13.5 Å². The third-order valence-corrected chi connectivity index (χ3v) is 2.58. The second-order valence-electron chi connectivity index (χ2n) is 3.91. The Morgan fingerprint density at radius 1 is 1.37 bits per heavy atom. The minimum absolute atomic E-state index is 0.229. The second kappa shape index (κ2) is 5.75. The van der Waals surface area contributed by atoms with E-state index in [9.17, 15) is 0 Å². The molecular formula is C15H13N3O. The van der Waals surface area contributed by atoms with Gasteiger partial charge < -0.3 is 4.74 Å². The van der Waals surface area contributed by atoms with Crippen LogP contribution in [0.15, 0.2) is 30.6 Å². The highest BCUT2D eigenvalue weighted by Crippen LogP contribution is 2.25. The number of nitrogens with zero attached hydrogens (tertiary/aromatic N) is 3. The number of hydrogen-bond donors (Lipinski definition) is 0. The quantitative estimate of drug-likeness (QED) is 0.784. The van der Waals surface area contributed by atoms with Gasteiger partial charge in [0, 0.05) is 17.3 Å². The maximum absolute atomic E-state index is 8.64. The maximum Gasteiger partial charge on any atom is 0.128 e. The summed E-state index contributed by atoms with van der Waals surface area (Å²) in [5.74, 6) is 3.35. The Morgan fingerprint density at radius 3 is 2.89 bits per heavy atom. The number of ether oxygens (including phenoxy) is 1. The van der Waals surface area contributed by atoms with Gasteiger partial charge in [-0.2, -0.15) is 10.4 Å². The summed E-state index contributed by atoms with van der Waals surface area (Å²) < 4.78 is 7.07. The molecule has 4 heteroatoms. The van der Waals surface area contributed by atoms with Crippen molar-refractivity contribution >= 4 is 0 Å². The highest BCUT2D eigenvalue weighted by molar-refractivity contribution is 5.66. The summed E-state index contributed by atoms with van der Waals surface area (Å²) in [5, 5.41) is 12.8. The van der Waals surface area contributed by atoms with Gasteiger partial charge in [-0.3, -0.25) is 4.68 Å². The van der Waals surface area contributed by atoms with Crippen LogP contribution in [-0.2, 0) is 6.54 Å². The van der Waals surface area contributed by atoms with Crippen molar-refractivity contribution in [3.63, 3.8) is 0 Å². The van der Waals surface area contributed by atoms with Crippen molar-refractivity contribution in [3.8, 4) is 35.3 Å². The summed E-state index contributed by atoms with van der Waals surface area (Å²) in [6, 6.07) is 7.69. The average Bonchev–Trinajstić information content (AvgIpc) is 2.88. The van der Waals surface area contributed by atoms with Gasteiger partial charge in [0.25, 0.3) is 0 Å². The molecule has 0 unspecified atom stereocenters. The Kier molecular flexibility index (Phi) is 3.85. The van der Waals surface area contributed by atoms with Crippen LogP contribution >= 0.6 is 0 Å². The van der Waals surface area contributed by atoms with Crippen LogP contribution in [0.2, 0.25) is 0 Å². The van der Waals surface area contributed by atoms with Gasteiger partial charge in [0.05, 0.1) is 18.9 Å². The lowest BCUT2D eigenvalue weighted by molar-refractivity contribution is 0.340. The molecule has 4 nitrogen and oxygen atoms in total. The number of hydrogen-bond acceptors (Lipinski definition) is 3. The summed E-state index contributed by atoms with van der Waals surface area (Å²) in [6.45, 7) is 2.74. The lowest BCUT2D eigenvalue weighted by Gasteiger charge is -2.06. The number of nitriles is 1. The van der Waals surface area contributed by atoms with E-state index in [1.165, 1.54) is 0 Å². The van der Waals surface area contributed by atoms with Crippen molar-refractivity contribution in [1.29, 1.82) is 5.26 Å². The number of aromatic nitrogens is 2. The molecule has 1 heterocycles. The van der Waals surface area contributed by atoms with Crippen molar-refractivity contribution in [1.82, 2.24) is 9.78 Å². The van der Waals surface area contributed by atoms with E-state index in [-0.39, 0.29) is 6.54 Å². The third-order valence-electron chi connectivity index (χ3n) is 2.58. The van der Waals surface area contributed by atoms with Crippen LogP contribution in [0.1, 0.15) is 12.5 Å². The zero-order chi connectivity index (χ0) is 13.7. The second-order valence-corrected chi connectivity index (χ2v) is 3.91. The molecule has 0 aliphatic carbocycles. The first-order valence-corrected chi connectivity index (χ1v) is 5.91. The zero-order valence-electron chi connectivity index (χ0n) is 10.6. The van der Waals surface area contributed by atoms with Crippen LogP contribution in [0.4, 0.5) is 0 Å². The SMILES string of the molecule is C#Cc1cc(OCC)cc(-c2cnn(CC#N)c2)c1. The minimum atomic E-state index is 0.229. The van der Waals surface area contributed by atoms with Crippen molar-refractivity contribution in [2.24, 2.45) is 0 Å². The largest absolute Gasteiger partial charge is 0.494 e. The van der Waals surface area contributed by atoms with Gasteiger partial charge in [0.2, 0.25) is 0 Å². The van der Waals surface area contributed by atoms with E-state index in [1.54, 1.807) is 10.9 Å². The van der Waals surface area contributed by atoms with E-state index in [1.807, 2.05) is 37.4 Å². The standard InChI is InChI=1S/C15H13N3O/c1-3-12-7-13(9-15(8-12)19-4-2)14-10-17-18(11-14)6-5-16/h1,7-11H,4,6H2,2H3. The molecule has 0 fully saturated rings. The molecule has 0 aliphatic rings. The van der Waals surface area contributed by atoms with E-state index in [0.717, 1.165) is 22.4 Å². The molecule has 94 valence electrons. The van der Waals surface area contributed by atoms with Gasteiger partial charge in [-0.15, -0.1) is 6.42 Å². The first-order chi connectivity index (χ1) is 9.26. The fourth-order valence-corrected chi connectivity index (χ4v) is 1.77. The van der Waals surface area contributed by atoms with Crippen molar-refractivity contribution in [3.05, 3.63) is 36.2 Å². The minimum Gasteiger partial charge on any atom is -0.494 e.